The maximum absolute atomic E-state index is 10.2. The van der Waals surface area contributed by atoms with Crippen LogP contribution in [0.2, 0.25) is 0 Å². The molecule has 0 heterocycles. The van der Waals surface area contributed by atoms with Crippen LogP contribution in [-0.4, -0.2) is 18.3 Å². The lowest BCUT2D eigenvalue weighted by Gasteiger charge is -2.16. The van der Waals surface area contributed by atoms with E-state index in [4.69, 9.17) is 9.47 Å². The molecule has 0 saturated heterocycles. The molecule has 20 heavy (non-hydrogen) atoms. The first kappa shape index (κ1) is 16.8. The molecule has 1 aromatic rings. The van der Waals surface area contributed by atoms with E-state index in [1.54, 1.807) is 0 Å². The Labute approximate surface area is 122 Å². The minimum atomic E-state index is -0.417. The molecule has 0 aliphatic heterocycles. The third-order valence-electron chi connectivity index (χ3n) is 3.11. The Morgan fingerprint density at radius 2 is 1.60 bits per heavy atom. The molecular formula is C17H28O3. The van der Waals surface area contributed by atoms with Gasteiger partial charge in [0.1, 0.15) is 0 Å². The summed E-state index contributed by atoms with van der Waals surface area (Å²) in [6.45, 7) is 7.63. The van der Waals surface area contributed by atoms with Gasteiger partial charge in [-0.15, -0.1) is 0 Å². The van der Waals surface area contributed by atoms with Crippen molar-refractivity contribution in [2.24, 2.45) is 0 Å². The van der Waals surface area contributed by atoms with Crippen molar-refractivity contribution < 1.29 is 14.6 Å². The van der Waals surface area contributed by atoms with E-state index >= 15 is 0 Å². The Morgan fingerprint density at radius 1 is 0.950 bits per heavy atom. The predicted molar refractivity (Wildman–Crippen MR) is 82.5 cm³/mol. The highest BCUT2D eigenvalue weighted by molar-refractivity contribution is 5.43. The molecule has 0 aliphatic carbocycles. The number of benzene rings is 1. The quantitative estimate of drug-likeness (QED) is 0.686. The summed E-state index contributed by atoms with van der Waals surface area (Å²) in [5.74, 6) is 1.51. The number of hydrogen-bond acceptors (Lipinski definition) is 3. The van der Waals surface area contributed by atoms with Crippen LogP contribution >= 0.6 is 0 Å². The summed E-state index contributed by atoms with van der Waals surface area (Å²) in [6.07, 6.45) is 4.41. The third-order valence-corrected chi connectivity index (χ3v) is 3.11. The molecular weight excluding hydrogens is 252 g/mol. The number of aliphatic hydroxyl groups excluding tert-OH is 1. The number of ether oxygens (including phenoxy) is 2. The molecule has 1 unspecified atom stereocenters. The highest BCUT2D eigenvalue weighted by Gasteiger charge is 2.12. The monoisotopic (exact) mass is 280 g/mol. The fraction of sp³-hybridized carbons (Fsp3) is 0.647. The first-order valence-electron chi connectivity index (χ1n) is 7.80. The van der Waals surface area contributed by atoms with Crippen molar-refractivity contribution in [2.75, 3.05) is 13.2 Å². The lowest BCUT2D eigenvalue weighted by molar-refractivity contribution is 0.163. The van der Waals surface area contributed by atoms with Crippen LogP contribution in [0.15, 0.2) is 18.2 Å². The van der Waals surface area contributed by atoms with Crippen LogP contribution in [0, 0.1) is 0 Å². The molecule has 0 bridgehead atoms. The van der Waals surface area contributed by atoms with E-state index in [0.29, 0.717) is 13.2 Å². The van der Waals surface area contributed by atoms with E-state index < -0.39 is 6.10 Å². The molecule has 0 fully saturated rings. The molecule has 0 aromatic heterocycles. The van der Waals surface area contributed by atoms with E-state index in [0.717, 1.165) is 49.2 Å². The van der Waals surface area contributed by atoms with Gasteiger partial charge >= 0.3 is 0 Å². The second kappa shape index (κ2) is 9.65. The summed E-state index contributed by atoms with van der Waals surface area (Å²) in [4.78, 5) is 0. The Morgan fingerprint density at radius 3 is 2.20 bits per heavy atom. The lowest BCUT2D eigenvalue weighted by atomic mass is 10.0. The molecule has 3 nitrogen and oxygen atoms in total. The Bertz CT molecular complexity index is 376. The third kappa shape index (κ3) is 5.41. The first-order valence-corrected chi connectivity index (χ1v) is 7.80. The van der Waals surface area contributed by atoms with Gasteiger partial charge < -0.3 is 14.6 Å². The van der Waals surface area contributed by atoms with Gasteiger partial charge in [0.25, 0.3) is 0 Å². The van der Waals surface area contributed by atoms with E-state index in [1.807, 2.05) is 18.2 Å². The summed E-state index contributed by atoms with van der Waals surface area (Å²) in [6, 6.07) is 5.76. The Kier molecular flexibility index (Phi) is 8.12. The first-order chi connectivity index (χ1) is 9.72. The van der Waals surface area contributed by atoms with Crippen molar-refractivity contribution in [1.82, 2.24) is 0 Å². The van der Waals surface area contributed by atoms with E-state index in [2.05, 4.69) is 20.8 Å². The van der Waals surface area contributed by atoms with Crippen LogP contribution in [0.1, 0.15) is 64.5 Å². The fourth-order valence-corrected chi connectivity index (χ4v) is 1.95. The smallest absolute Gasteiger partial charge is 0.161 e. The van der Waals surface area contributed by atoms with Gasteiger partial charge in [0, 0.05) is 0 Å². The molecule has 0 spiro atoms. The van der Waals surface area contributed by atoms with Gasteiger partial charge in [-0.2, -0.15) is 0 Å². The average molecular weight is 280 g/mol. The highest BCUT2D eigenvalue weighted by atomic mass is 16.5. The molecule has 0 saturated carbocycles. The Hall–Kier alpha value is -1.22. The van der Waals surface area contributed by atoms with E-state index in [9.17, 15) is 5.11 Å². The second-order valence-corrected chi connectivity index (χ2v) is 5.06. The molecule has 0 radical (unpaired) electrons. The summed E-state index contributed by atoms with van der Waals surface area (Å²) < 4.78 is 11.4. The van der Waals surface area contributed by atoms with Crippen LogP contribution in [0.5, 0.6) is 11.5 Å². The normalized spacial score (nSPS) is 12.2. The van der Waals surface area contributed by atoms with Gasteiger partial charge in [-0.25, -0.2) is 0 Å². The van der Waals surface area contributed by atoms with Crippen molar-refractivity contribution in [1.29, 1.82) is 0 Å². The minimum Gasteiger partial charge on any atom is -0.490 e. The predicted octanol–water partition coefficient (Wildman–Crippen LogP) is 4.49. The summed E-state index contributed by atoms with van der Waals surface area (Å²) in [5.41, 5.74) is 0.911. The maximum atomic E-state index is 10.2. The van der Waals surface area contributed by atoms with Crippen LogP contribution in [0.3, 0.4) is 0 Å². The molecule has 1 aromatic carbocycles. The van der Waals surface area contributed by atoms with Crippen LogP contribution in [0.25, 0.3) is 0 Å². The lowest BCUT2D eigenvalue weighted by Crippen LogP contribution is -2.03. The zero-order chi connectivity index (χ0) is 14.8. The van der Waals surface area contributed by atoms with Gasteiger partial charge in [0.2, 0.25) is 0 Å². The van der Waals surface area contributed by atoms with E-state index in [1.165, 1.54) is 0 Å². The largest absolute Gasteiger partial charge is 0.490 e. The average Bonchev–Trinajstić information content (AvgIpc) is 2.48. The number of hydrogen-bond donors (Lipinski definition) is 1. The second-order valence-electron chi connectivity index (χ2n) is 5.06. The van der Waals surface area contributed by atoms with Crippen LogP contribution in [-0.2, 0) is 0 Å². The maximum Gasteiger partial charge on any atom is 0.161 e. The summed E-state index contributed by atoms with van der Waals surface area (Å²) >= 11 is 0. The number of aliphatic hydroxyl groups is 1. The highest BCUT2D eigenvalue weighted by Crippen LogP contribution is 2.32. The standard InChI is InChI=1S/C17H28O3/c1-4-7-8-15(18)14-9-10-16(19-11-5-2)17(13-14)20-12-6-3/h9-10,13,15,18H,4-8,11-12H2,1-3H3. The SMILES string of the molecule is CCCCC(O)c1ccc(OCCC)c(OCCC)c1. The van der Waals surface area contributed by atoms with Gasteiger partial charge in [-0.3, -0.25) is 0 Å². The molecule has 1 N–H and O–H groups in total. The van der Waals surface area contributed by atoms with Crippen molar-refractivity contribution in [3.8, 4) is 11.5 Å². The molecule has 1 rings (SSSR count). The number of unbranched alkanes of at least 4 members (excludes halogenated alkanes) is 1. The topological polar surface area (TPSA) is 38.7 Å². The van der Waals surface area contributed by atoms with Gasteiger partial charge in [0.05, 0.1) is 19.3 Å². The van der Waals surface area contributed by atoms with Crippen LogP contribution < -0.4 is 9.47 Å². The number of rotatable bonds is 10. The Balaban J connectivity index is 2.82. The van der Waals surface area contributed by atoms with Crippen molar-refractivity contribution in [2.45, 2.75) is 59.0 Å². The van der Waals surface area contributed by atoms with Gasteiger partial charge in [0.15, 0.2) is 11.5 Å². The zero-order valence-electron chi connectivity index (χ0n) is 13.0. The van der Waals surface area contributed by atoms with Crippen molar-refractivity contribution in [3.05, 3.63) is 23.8 Å². The molecule has 114 valence electrons. The van der Waals surface area contributed by atoms with Gasteiger partial charge in [-0.1, -0.05) is 39.7 Å². The molecule has 0 aliphatic rings. The van der Waals surface area contributed by atoms with Crippen molar-refractivity contribution in [3.63, 3.8) is 0 Å². The summed E-state index contributed by atoms with van der Waals surface area (Å²) in [7, 11) is 0. The zero-order valence-corrected chi connectivity index (χ0v) is 13.0. The van der Waals surface area contributed by atoms with Crippen LogP contribution in [0.4, 0.5) is 0 Å². The van der Waals surface area contributed by atoms with Crippen molar-refractivity contribution >= 4 is 0 Å². The molecule has 1 atom stereocenters. The summed E-state index contributed by atoms with van der Waals surface area (Å²) in [5, 5.41) is 10.2. The molecule has 0 amide bonds. The molecule has 3 heteroatoms. The minimum absolute atomic E-state index is 0.417. The van der Waals surface area contributed by atoms with Gasteiger partial charge in [-0.05, 0) is 37.0 Å². The van der Waals surface area contributed by atoms with E-state index in [-0.39, 0.29) is 0 Å². The fourth-order valence-electron chi connectivity index (χ4n) is 1.95.